The maximum atomic E-state index is 12.3. The van der Waals surface area contributed by atoms with Crippen molar-refractivity contribution in [3.63, 3.8) is 0 Å². The van der Waals surface area contributed by atoms with Gasteiger partial charge in [-0.1, -0.05) is 0 Å². The highest BCUT2D eigenvalue weighted by molar-refractivity contribution is 5.94. The first kappa shape index (κ1) is 12.9. The van der Waals surface area contributed by atoms with Crippen molar-refractivity contribution in [2.45, 2.75) is 12.8 Å². The van der Waals surface area contributed by atoms with Crippen molar-refractivity contribution in [1.29, 1.82) is 0 Å². The number of carbonyl (C=O) groups is 1. The van der Waals surface area contributed by atoms with Gasteiger partial charge in [-0.05, 0) is 43.0 Å². The maximum Gasteiger partial charge on any atom is 0.253 e. The second-order valence-corrected chi connectivity index (χ2v) is 4.77. The Hall–Kier alpha value is -1.55. The van der Waals surface area contributed by atoms with Crippen molar-refractivity contribution in [2.75, 3.05) is 32.1 Å². The van der Waals surface area contributed by atoms with Gasteiger partial charge in [0.2, 0.25) is 0 Å². The molecule has 1 unspecified atom stereocenters. The molecule has 1 heterocycles. The average molecular weight is 248 g/mol. The van der Waals surface area contributed by atoms with Gasteiger partial charge in [0.15, 0.2) is 0 Å². The van der Waals surface area contributed by atoms with E-state index in [-0.39, 0.29) is 18.4 Å². The second-order valence-electron chi connectivity index (χ2n) is 4.77. The molecule has 0 radical (unpaired) electrons. The summed E-state index contributed by atoms with van der Waals surface area (Å²) in [5, 5.41) is 12.2. The molecule has 0 spiro atoms. The lowest BCUT2D eigenvalue weighted by molar-refractivity contribution is 0.0621. The fourth-order valence-electron chi connectivity index (χ4n) is 2.36. The zero-order valence-electron chi connectivity index (χ0n) is 10.7. The summed E-state index contributed by atoms with van der Waals surface area (Å²) in [5.41, 5.74) is 1.71. The van der Waals surface area contributed by atoms with Crippen LogP contribution in [-0.2, 0) is 0 Å². The van der Waals surface area contributed by atoms with E-state index in [1.165, 1.54) is 0 Å². The molecule has 1 aliphatic rings. The smallest absolute Gasteiger partial charge is 0.253 e. The number of piperidine rings is 1. The van der Waals surface area contributed by atoms with Crippen molar-refractivity contribution in [3.8, 4) is 0 Å². The highest BCUT2D eigenvalue weighted by atomic mass is 16.3. The quantitative estimate of drug-likeness (QED) is 0.853. The number of aliphatic hydroxyl groups is 1. The maximum absolute atomic E-state index is 12.3. The molecule has 1 saturated heterocycles. The third kappa shape index (κ3) is 2.82. The largest absolute Gasteiger partial charge is 0.396 e. The Bertz CT molecular complexity index is 403. The number of likely N-dealkylation sites (tertiary alicyclic amines) is 1. The molecule has 0 aromatic heterocycles. The Morgan fingerprint density at radius 1 is 1.44 bits per heavy atom. The van der Waals surface area contributed by atoms with E-state index >= 15 is 0 Å². The summed E-state index contributed by atoms with van der Waals surface area (Å²) in [6, 6.07) is 7.49. The molecule has 2 rings (SSSR count). The summed E-state index contributed by atoms with van der Waals surface area (Å²) in [6.07, 6.45) is 1.99. The summed E-state index contributed by atoms with van der Waals surface area (Å²) in [4.78, 5) is 14.1. The van der Waals surface area contributed by atoms with Gasteiger partial charge in [-0.3, -0.25) is 4.79 Å². The second kappa shape index (κ2) is 5.87. The van der Waals surface area contributed by atoms with E-state index < -0.39 is 0 Å². The molecule has 1 aromatic rings. The minimum atomic E-state index is 0.0656. The lowest BCUT2D eigenvalue weighted by Gasteiger charge is -2.31. The number of anilines is 1. The minimum absolute atomic E-state index is 0.0656. The van der Waals surface area contributed by atoms with Crippen molar-refractivity contribution < 1.29 is 9.90 Å². The van der Waals surface area contributed by atoms with Crippen LogP contribution in [0.4, 0.5) is 5.69 Å². The molecule has 1 atom stereocenters. The molecule has 1 aromatic carbocycles. The van der Waals surface area contributed by atoms with Crippen LogP contribution in [0.1, 0.15) is 23.2 Å². The first-order valence-corrected chi connectivity index (χ1v) is 6.42. The number of benzene rings is 1. The van der Waals surface area contributed by atoms with Crippen LogP contribution < -0.4 is 5.32 Å². The molecule has 1 fully saturated rings. The van der Waals surface area contributed by atoms with E-state index in [2.05, 4.69) is 5.32 Å². The number of rotatable bonds is 3. The number of carbonyl (C=O) groups excluding carboxylic acids is 1. The van der Waals surface area contributed by atoms with Crippen molar-refractivity contribution in [3.05, 3.63) is 29.8 Å². The number of amides is 1. The van der Waals surface area contributed by atoms with Gasteiger partial charge >= 0.3 is 0 Å². The van der Waals surface area contributed by atoms with Crippen molar-refractivity contribution in [2.24, 2.45) is 5.92 Å². The molecule has 0 saturated carbocycles. The zero-order chi connectivity index (χ0) is 13.0. The van der Waals surface area contributed by atoms with E-state index in [1.807, 2.05) is 36.2 Å². The average Bonchev–Trinajstić information content (AvgIpc) is 2.46. The van der Waals surface area contributed by atoms with Crippen LogP contribution in [0, 0.1) is 5.92 Å². The van der Waals surface area contributed by atoms with Gasteiger partial charge in [-0.15, -0.1) is 0 Å². The predicted octanol–water partition coefficient (Wildman–Crippen LogP) is 1.57. The van der Waals surface area contributed by atoms with Gasteiger partial charge in [0.1, 0.15) is 0 Å². The van der Waals surface area contributed by atoms with Crippen LogP contribution in [0.5, 0.6) is 0 Å². The van der Waals surface area contributed by atoms with Crippen LogP contribution in [0.2, 0.25) is 0 Å². The fraction of sp³-hybridized carbons (Fsp3) is 0.500. The molecule has 2 N–H and O–H groups in total. The van der Waals surface area contributed by atoms with E-state index in [0.717, 1.165) is 25.1 Å². The van der Waals surface area contributed by atoms with Crippen molar-refractivity contribution in [1.82, 2.24) is 4.90 Å². The Balaban J connectivity index is 2.05. The number of aliphatic hydroxyl groups excluding tert-OH is 1. The van der Waals surface area contributed by atoms with Gasteiger partial charge in [-0.2, -0.15) is 0 Å². The van der Waals surface area contributed by atoms with Gasteiger partial charge in [0.25, 0.3) is 5.91 Å². The Morgan fingerprint density at radius 2 is 2.17 bits per heavy atom. The third-order valence-electron chi connectivity index (χ3n) is 3.48. The summed E-state index contributed by atoms with van der Waals surface area (Å²) >= 11 is 0. The predicted molar refractivity (Wildman–Crippen MR) is 71.7 cm³/mol. The third-order valence-corrected chi connectivity index (χ3v) is 3.48. The van der Waals surface area contributed by atoms with E-state index in [1.54, 1.807) is 0 Å². The van der Waals surface area contributed by atoms with Gasteiger partial charge in [0.05, 0.1) is 0 Å². The van der Waals surface area contributed by atoms with Gasteiger partial charge in [0, 0.05) is 38.0 Å². The molecule has 4 nitrogen and oxygen atoms in total. The Morgan fingerprint density at radius 3 is 2.78 bits per heavy atom. The first-order chi connectivity index (χ1) is 8.74. The summed E-state index contributed by atoms with van der Waals surface area (Å²) < 4.78 is 0. The Kier molecular flexibility index (Phi) is 4.20. The van der Waals surface area contributed by atoms with Crippen molar-refractivity contribution >= 4 is 11.6 Å². The van der Waals surface area contributed by atoms with Crippen LogP contribution in [0.3, 0.4) is 0 Å². The van der Waals surface area contributed by atoms with Crippen LogP contribution >= 0.6 is 0 Å². The van der Waals surface area contributed by atoms with Crippen LogP contribution in [0.15, 0.2) is 24.3 Å². The molecule has 0 aliphatic carbocycles. The highest BCUT2D eigenvalue weighted by Crippen LogP contribution is 2.19. The van der Waals surface area contributed by atoms with E-state index in [4.69, 9.17) is 0 Å². The molecule has 18 heavy (non-hydrogen) atoms. The molecular formula is C14H20N2O2. The number of hydrogen-bond donors (Lipinski definition) is 2. The monoisotopic (exact) mass is 248 g/mol. The minimum Gasteiger partial charge on any atom is -0.396 e. The van der Waals surface area contributed by atoms with Crippen LogP contribution in [-0.4, -0.2) is 42.7 Å². The SMILES string of the molecule is CNc1ccc(C(=O)N2CCCC(CO)C2)cc1. The van der Waals surface area contributed by atoms with E-state index in [9.17, 15) is 9.90 Å². The summed E-state index contributed by atoms with van der Waals surface area (Å²) in [6.45, 7) is 1.63. The lowest BCUT2D eigenvalue weighted by atomic mass is 9.98. The summed E-state index contributed by atoms with van der Waals surface area (Å²) in [7, 11) is 1.85. The van der Waals surface area contributed by atoms with Gasteiger partial charge < -0.3 is 15.3 Å². The normalized spacial score (nSPS) is 19.7. The molecule has 98 valence electrons. The fourth-order valence-corrected chi connectivity index (χ4v) is 2.36. The highest BCUT2D eigenvalue weighted by Gasteiger charge is 2.23. The lowest BCUT2D eigenvalue weighted by Crippen LogP contribution is -2.40. The Labute approximate surface area is 108 Å². The molecule has 4 heteroatoms. The van der Waals surface area contributed by atoms with Crippen LogP contribution in [0.25, 0.3) is 0 Å². The van der Waals surface area contributed by atoms with Gasteiger partial charge in [-0.25, -0.2) is 0 Å². The number of hydrogen-bond acceptors (Lipinski definition) is 3. The molecule has 0 bridgehead atoms. The molecular weight excluding hydrogens is 228 g/mol. The number of nitrogens with one attached hydrogen (secondary N) is 1. The summed E-state index contributed by atoms with van der Waals surface area (Å²) in [5.74, 6) is 0.301. The topological polar surface area (TPSA) is 52.6 Å². The molecule has 1 aliphatic heterocycles. The zero-order valence-corrected chi connectivity index (χ0v) is 10.7. The molecule has 1 amide bonds. The standard InChI is InChI=1S/C14H20N2O2/c1-15-13-6-4-12(5-7-13)14(18)16-8-2-3-11(9-16)10-17/h4-7,11,15,17H,2-3,8-10H2,1H3. The first-order valence-electron chi connectivity index (χ1n) is 6.42. The number of nitrogens with zero attached hydrogens (tertiary/aromatic N) is 1. The van der Waals surface area contributed by atoms with E-state index in [0.29, 0.717) is 12.1 Å².